The van der Waals surface area contributed by atoms with Crippen molar-refractivity contribution in [2.75, 3.05) is 10.6 Å². The Morgan fingerprint density at radius 1 is 0.906 bits per heavy atom. The number of amides is 2. The first-order chi connectivity index (χ1) is 15.5. The Balaban J connectivity index is 1.54. The van der Waals surface area contributed by atoms with Crippen molar-refractivity contribution in [3.05, 3.63) is 94.5 Å². The topological polar surface area (TPSA) is 82.0 Å². The molecule has 6 heteroatoms. The van der Waals surface area contributed by atoms with Crippen molar-refractivity contribution in [2.45, 2.75) is 31.1 Å². The van der Waals surface area contributed by atoms with E-state index in [1.54, 1.807) is 42.5 Å². The molecule has 3 aromatic rings. The summed E-state index contributed by atoms with van der Waals surface area (Å²) in [5.74, 6) is -0.435. The molecule has 0 unspecified atom stereocenters. The van der Waals surface area contributed by atoms with Crippen molar-refractivity contribution in [3.8, 4) is 6.07 Å². The van der Waals surface area contributed by atoms with Gasteiger partial charge in [-0.05, 0) is 54.8 Å². The monoisotopic (exact) mass is 443 g/mol. The Kier molecular flexibility index (Phi) is 6.25. The van der Waals surface area contributed by atoms with Gasteiger partial charge < -0.3 is 10.6 Å². The van der Waals surface area contributed by atoms with Crippen LogP contribution in [0, 0.1) is 11.3 Å². The van der Waals surface area contributed by atoms with Crippen LogP contribution in [-0.4, -0.2) is 11.8 Å². The molecule has 4 rings (SSSR count). The first kappa shape index (κ1) is 21.6. The SMILES string of the molecule is N#Cc1cc(NC(=O)C2(c3ccccc3)CCCC2)ccc1NC(=O)c1cccc(Cl)c1. The fraction of sp³-hybridized carbons (Fsp3) is 0.192. The van der Waals surface area contributed by atoms with E-state index in [9.17, 15) is 14.9 Å². The van der Waals surface area contributed by atoms with E-state index < -0.39 is 5.41 Å². The summed E-state index contributed by atoms with van der Waals surface area (Å²) in [5, 5.41) is 15.8. The molecule has 32 heavy (non-hydrogen) atoms. The van der Waals surface area contributed by atoms with E-state index >= 15 is 0 Å². The number of nitriles is 1. The van der Waals surface area contributed by atoms with E-state index in [0.717, 1.165) is 31.2 Å². The van der Waals surface area contributed by atoms with Crippen LogP contribution in [0.5, 0.6) is 0 Å². The van der Waals surface area contributed by atoms with Gasteiger partial charge in [-0.2, -0.15) is 5.26 Å². The quantitative estimate of drug-likeness (QED) is 0.513. The third-order valence-corrected chi connectivity index (χ3v) is 6.19. The normalized spacial score (nSPS) is 14.4. The number of carbonyl (C=O) groups excluding carboxylic acids is 2. The number of hydrogen-bond acceptors (Lipinski definition) is 3. The number of benzene rings is 3. The second kappa shape index (κ2) is 9.25. The largest absolute Gasteiger partial charge is 0.325 e. The minimum Gasteiger partial charge on any atom is -0.325 e. The predicted octanol–water partition coefficient (Wildman–Crippen LogP) is 5.91. The summed E-state index contributed by atoms with van der Waals surface area (Å²) in [6, 6.07) is 23.4. The summed E-state index contributed by atoms with van der Waals surface area (Å²) in [5.41, 5.74) is 2.00. The maximum atomic E-state index is 13.3. The number of halogens is 1. The maximum Gasteiger partial charge on any atom is 0.255 e. The van der Waals surface area contributed by atoms with E-state index in [0.29, 0.717) is 22.0 Å². The van der Waals surface area contributed by atoms with Crippen LogP contribution >= 0.6 is 11.6 Å². The Bertz CT molecular complexity index is 1200. The molecular formula is C26H22ClN3O2. The Labute approximate surface area is 192 Å². The molecule has 160 valence electrons. The zero-order valence-corrected chi connectivity index (χ0v) is 18.2. The molecule has 2 amide bonds. The molecule has 1 aliphatic carbocycles. The van der Waals surface area contributed by atoms with Gasteiger partial charge in [-0.1, -0.05) is 60.8 Å². The molecule has 0 saturated heterocycles. The van der Waals surface area contributed by atoms with Crippen LogP contribution in [0.15, 0.2) is 72.8 Å². The number of anilines is 2. The molecule has 0 aliphatic heterocycles. The molecule has 1 saturated carbocycles. The van der Waals surface area contributed by atoms with Gasteiger partial charge in [0.1, 0.15) is 6.07 Å². The molecule has 0 bridgehead atoms. The van der Waals surface area contributed by atoms with E-state index in [1.165, 1.54) is 0 Å². The highest BCUT2D eigenvalue weighted by molar-refractivity contribution is 6.31. The molecule has 1 aliphatic rings. The fourth-order valence-electron chi connectivity index (χ4n) is 4.28. The van der Waals surface area contributed by atoms with Gasteiger partial charge in [-0.25, -0.2) is 0 Å². The number of rotatable bonds is 5. The summed E-state index contributed by atoms with van der Waals surface area (Å²) >= 11 is 5.96. The van der Waals surface area contributed by atoms with E-state index in [2.05, 4.69) is 16.7 Å². The van der Waals surface area contributed by atoms with Gasteiger partial charge in [-0.15, -0.1) is 0 Å². The average molecular weight is 444 g/mol. The molecule has 2 N–H and O–H groups in total. The van der Waals surface area contributed by atoms with Crippen LogP contribution in [0.3, 0.4) is 0 Å². The summed E-state index contributed by atoms with van der Waals surface area (Å²) in [4.78, 5) is 25.9. The highest BCUT2D eigenvalue weighted by atomic mass is 35.5. The van der Waals surface area contributed by atoms with Crippen molar-refractivity contribution in [1.29, 1.82) is 5.26 Å². The molecule has 1 fully saturated rings. The van der Waals surface area contributed by atoms with Crippen LogP contribution < -0.4 is 10.6 Å². The number of nitrogens with one attached hydrogen (secondary N) is 2. The standard InChI is InChI=1S/C26H22ClN3O2/c27-21-10-6-7-18(15-21)24(31)30-23-12-11-22(16-19(23)17-28)29-25(32)26(13-4-5-14-26)20-8-2-1-3-9-20/h1-3,6-12,15-16H,4-5,13-14H2,(H,29,32)(H,30,31). The molecule has 0 spiro atoms. The van der Waals surface area contributed by atoms with Gasteiger partial charge in [0, 0.05) is 16.3 Å². The lowest BCUT2D eigenvalue weighted by molar-refractivity contribution is -0.121. The first-order valence-corrected chi connectivity index (χ1v) is 10.9. The smallest absolute Gasteiger partial charge is 0.255 e. The van der Waals surface area contributed by atoms with Crippen LogP contribution in [-0.2, 0) is 10.2 Å². The molecule has 0 aromatic heterocycles. The summed E-state index contributed by atoms with van der Waals surface area (Å²) < 4.78 is 0. The molecule has 5 nitrogen and oxygen atoms in total. The third-order valence-electron chi connectivity index (χ3n) is 5.95. The van der Waals surface area contributed by atoms with Crippen molar-refractivity contribution in [1.82, 2.24) is 0 Å². The van der Waals surface area contributed by atoms with E-state index in [1.807, 2.05) is 30.3 Å². The van der Waals surface area contributed by atoms with Gasteiger partial charge in [0.15, 0.2) is 0 Å². The Morgan fingerprint density at radius 2 is 1.66 bits per heavy atom. The summed E-state index contributed by atoms with van der Waals surface area (Å²) in [6.45, 7) is 0. The lowest BCUT2D eigenvalue weighted by atomic mass is 9.78. The zero-order chi connectivity index (χ0) is 22.6. The lowest BCUT2D eigenvalue weighted by Crippen LogP contribution is -2.38. The first-order valence-electron chi connectivity index (χ1n) is 10.5. The lowest BCUT2D eigenvalue weighted by Gasteiger charge is -2.28. The Morgan fingerprint density at radius 3 is 2.34 bits per heavy atom. The van der Waals surface area contributed by atoms with Gasteiger partial charge in [0.05, 0.1) is 16.7 Å². The molecule has 0 atom stereocenters. The third kappa shape index (κ3) is 4.37. The van der Waals surface area contributed by atoms with Crippen molar-refractivity contribution in [3.63, 3.8) is 0 Å². The zero-order valence-electron chi connectivity index (χ0n) is 17.4. The van der Waals surface area contributed by atoms with Crippen molar-refractivity contribution < 1.29 is 9.59 Å². The Hall–Kier alpha value is -3.62. The number of hydrogen-bond donors (Lipinski definition) is 2. The van der Waals surface area contributed by atoms with Crippen molar-refractivity contribution >= 4 is 34.8 Å². The second-order valence-corrected chi connectivity index (χ2v) is 8.38. The molecule has 0 heterocycles. The summed E-state index contributed by atoms with van der Waals surface area (Å²) in [7, 11) is 0. The minimum atomic E-state index is -0.562. The minimum absolute atomic E-state index is 0.0687. The van der Waals surface area contributed by atoms with Crippen molar-refractivity contribution in [2.24, 2.45) is 0 Å². The van der Waals surface area contributed by atoms with Crippen LogP contribution in [0.25, 0.3) is 0 Å². The second-order valence-electron chi connectivity index (χ2n) is 7.95. The van der Waals surface area contributed by atoms with E-state index in [-0.39, 0.29) is 17.4 Å². The average Bonchev–Trinajstić information content (AvgIpc) is 3.32. The molecule has 3 aromatic carbocycles. The van der Waals surface area contributed by atoms with Crippen LogP contribution in [0.2, 0.25) is 5.02 Å². The van der Waals surface area contributed by atoms with Gasteiger partial charge in [-0.3, -0.25) is 9.59 Å². The highest BCUT2D eigenvalue weighted by Crippen LogP contribution is 2.42. The molecular weight excluding hydrogens is 422 g/mol. The number of nitrogens with zero attached hydrogens (tertiary/aromatic N) is 1. The predicted molar refractivity (Wildman–Crippen MR) is 126 cm³/mol. The maximum absolute atomic E-state index is 13.3. The van der Waals surface area contributed by atoms with E-state index in [4.69, 9.17) is 11.6 Å². The van der Waals surface area contributed by atoms with Gasteiger partial charge in [0.25, 0.3) is 5.91 Å². The van der Waals surface area contributed by atoms with Gasteiger partial charge in [0.2, 0.25) is 5.91 Å². The highest BCUT2D eigenvalue weighted by Gasteiger charge is 2.42. The number of carbonyl (C=O) groups is 2. The van der Waals surface area contributed by atoms with Crippen LogP contribution in [0.1, 0.15) is 47.2 Å². The fourth-order valence-corrected chi connectivity index (χ4v) is 4.47. The summed E-state index contributed by atoms with van der Waals surface area (Å²) in [6.07, 6.45) is 3.59. The molecule has 0 radical (unpaired) electrons. The van der Waals surface area contributed by atoms with Crippen LogP contribution in [0.4, 0.5) is 11.4 Å². The van der Waals surface area contributed by atoms with Gasteiger partial charge >= 0.3 is 0 Å².